The van der Waals surface area contributed by atoms with Crippen molar-refractivity contribution < 1.29 is 9.90 Å². The van der Waals surface area contributed by atoms with Gasteiger partial charge in [-0.15, -0.1) is 0 Å². The second kappa shape index (κ2) is 6.18. The summed E-state index contributed by atoms with van der Waals surface area (Å²) in [5.41, 5.74) is 2.22. The molecule has 1 aliphatic heterocycles. The van der Waals surface area contributed by atoms with Gasteiger partial charge in [-0.1, -0.05) is 6.92 Å². The third-order valence-electron chi connectivity index (χ3n) is 3.53. The molecule has 1 heterocycles. The van der Waals surface area contributed by atoms with Gasteiger partial charge in [0, 0.05) is 0 Å². The molecular weight excluding hydrogens is 206 g/mol. The number of aliphatic hydroxyl groups excluding tert-OH is 1. The molecule has 2 atom stereocenters. The van der Waals surface area contributed by atoms with Crippen LogP contribution in [0.4, 0.5) is 0 Å². The van der Waals surface area contributed by atoms with Crippen LogP contribution in [0.25, 0.3) is 0 Å². The molecule has 1 rings (SSSR count). The monoisotopic (exact) mass is 229 g/mol. The van der Waals surface area contributed by atoms with E-state index in [0.717, 1.165) is 32.4 Å². The van der Waals surface area contributed by atoms with Gasteiger partial charge < -0.3 is 5.11 Å². The van der Waals surface area contributed by atoms with Crippen LogP contribution in [0.5, 0.6) is 0 Å². The van der Waals surface area contributed by atoms with Crippen LogP contribution in [-0.2, 0) is 4.79 Å². The highest BCUT2D eigenvalue weighted by Crippen LogP contribution is 2.22. The molecular formula is C11H23N3O2. The molecule has 2 unspecified atom stereocenters. The van der Waals surface area contributed by atoms with Gasteiger partial charge >= 0.3 is 0 Å². The van der Waals surface area contributed by atoms with Gasteiger partial charge in [0.25, 0.3) is 5.91 Å². The number of hydrazine groups is 1. The van der Waals surface area contributed by atoms with Crippen LogP contribution in [0.15, 0.2) is 0 Å². The number of likely N-dealkylation sites (tertiary alicyclic amines) is 1. The van der Waals surface area contributed by atoms with E-state index in [0.29, 0.717) is 5.92 Å². The Morgan fingerprint density at radius 1 is 1.56 bits per heavy atom. The molecule has 0 radical (unpaired) electrons. The van der Waals surface area contributed by atoms with E-state index in [1.807, 2.05) is 13.8 Å². The Morgan fingerprint density at radius 3 is 2.50 bits per heavy atom. The van der Waals surface area contributed by atoms with E-state index in [2.05, 4.69) is 10.3 Å². The van der Waals surface area contributed by atoms with Crippen LogP contribution >= 0.6 is 0 Å². The number of carbonyl (C=O) groups excluding carboxylic acids is 1. The summed E-state index contributed by atoms with van der Waals surface area (Å²) >= 11 is 0. The second-order valence-corrected chi connectivity index (χ2v) is 4.55. The molecule has 0 aliphatic carbocycles. The Kier molecular flexibility index (Phi) is 5.18. The topological polar surface area (TPSA) is 78.6 Å². The molecule has 1 fully saturated rings. The Bertz CT molecular complexity index is 225. The average Bonchev–Trinajstić information content (AvgIpc) is 2.30. The highest BCUT2D eigenvalue weighted by Gasteiger charge is 2.29. The number of nitrogens with zero attached hydrogens (tertiary/aromatic N) is 1. The fourth-order valence-corrected chi connectivity index (χ4v) is 2.42. The average molecular weight is 229 g/mol. The zero-order valence-corrected chi connectivity index (χ0v) is 10.1. The maximum atomic E-state index is 11.5. The Hall–Kier alpha value is -0.650. The maximum Gasteiger partial charge on any atom is 0.251 e. The molecule has 5 heteroatoms. The predicted molar refractivity (Wildman–Crippen MR) is 62.4 cm³/mol. The Balaban J connectivity index is 2.48. The number of amides is 1. The van der Waals surface area contributed by atoms with Crippen LogP contribution in [0, 0.1) is 5.92 Å². The molecule has 0 bridgehead atoms. The van der Waals surface area contributed by atoms with Gasteiger partial charge in [0.1, 0.15) is 0 Å². The number of piperidine rings is 1. The zero-order chi connectivity index (χ0) is 12.1. The van der Waals surface area contributed by atoms with E-state index in [4.69, 9.17) is 5.84 Å². The highest BCUT2D eigenvalue weighted by atomic mass is 16.3. The summed E-state index contributed by atoms with van der Waals surface area (Å²) in [6.07, 6.45) is 2.42. The van der Waals surface area contributed by atoms with Gasteiger partial charge in [-0.25, -0.2) is 5.84 Å². The van der Waals surface area contributed by atoms with Crippen molar-refractivity contribution in [2.75, 3.05) is 13.1 Å². The van der Waals surface area contributed by atoms with Crippen molar-refractivity contribution in [1.82, 2.24) is 10.3 Å². The third-order valence-corrected chi connectivity index (χ3v) is 3.53. The Morgan fingerprint density at radius 2 is 2.12 bits per heavy atom. The largest absolute Gasteiger partial charge is 0.393 e. The van der Waals surface area contributed by atoms with Crippen molar-refractivity contribution >= 4 is 5.91 Å². The van der Waals surface area contributed by atoms with E-state index in [1.54, 1.807) is 0 Å². The minimum atomic E-state index is -0.245. The summed E-state index contributed by atoms with van der Waals surface area (Å²) in [4.78, 5) is 13.7. The molecule has 0 spiro atoms. The molecule has 0 aromatic heterocycles. The smallest absolute Gasteiger partial charge is 0.251 e. The lowest BCUT2D eigenvalue weighted by Gasteiger charge is -2.37. The first-order chi connectivity index (χ1) is 7.60. The van der Waals surface area contributed by atoms with Gasteiger partial charge in [0.2, 0.25) is 0 Å². The normalized spacial score (nSPS) is 22.8. The van der Waals surface area contributed by atoms with Crippen molar-refractivity contribution in [1.29, 1.82) is 0 Å². The number of nitrogens with one attached hydrogen (secondary N) is 1. The van der Waals surface area contributed by atoms with Gasteiger partial charge in [-0.2, -0.15) is 0 Å². The van der Waals surface area contributed by atoms with Crippen molar-refractivity contribution in [3.8, 4) is 0 Å². The van der Waals surface area contributed by atoms with Crippen molar-refractivity contribution in [3.63, 3.8) is 0 Å². The summed E-state index contributed by atoms with van der Waals surface area (Å²) in [6, 6.07) is -0.125. The summed E-state index contributed by atoms with van der Waals surface area (Å²) in [5.74, 6) is 5.42. The fourth-order valence-electron chi connectivity index (χ4n) is 2.42. The molecule has 0 aromatic rings. The fraction of sp³-hybridized carbons (Fsp3) is 0.909. The van der Waals surface area contributed by atoms with Gasteiger partial charge in [-0.05, 0) is 45.2 Å². The summed E-state index contributed by atoms with van der Waals surface area (Å²) in [5, 5.41) is 9.50. The number of hydrogen-bond acceptors (Lipinski definition) is 4. The van der Waals surface area contributed by atoms with Gasteiger partial charge in [0.15, 0.2) is 0 Å². The minimum absolute atomic E-state index is 0.113. The number of rotatable bonds is 4. The minimum Gasteiger partial charge on any atom is -0.393 e. The molecule has 1 amide bonds. The lowest BCUT2D eigenvalue weighted by atomic mass is 9.91. The second-order valence-electron chi connectivity index (χ2n) is 4.55. The zero-order valence-electron chi connectivity index (χ0n) is 10.1. The molecule has 0 saturated carbocycles. The van der Waals surface area contributed by atoms with Crippen LogP contribution < -0.4 is 11.3 Å². The number of carbonyl (C=O) groups is 1. The highest BCUT2D eigenvalue weighted by molar-refractivity contribution is 5.81. The Labute approximate surface area is 97.0 Å². The van der Waals surface area contributed by atoms with E-state index < -0.39 is 0 Å². The van der Waals surface area contributed by atoms with Crippen molar-refractivity contribution in [2.45, 2.75) is 45.3 Å². The van der Waals surface area contributed by atoms with Crippen molar-refractivity contribution in [2.24, 2.45) is 11.8 Å². The molecule has 94 valence electrons. The van der Waals surface area contributed by atoms with Crippen molar-refractivity contribution in [3.05, 3.63) is 0 Å². The predicted octanol–water partition coefficient (Wildman–Crippen LogP) is -0.152. The number of aliphatic hydroxyl groups is 1. The van der Waals surface area contributed by atoms with E-state index in [-0.39, 0.29) is 18.1 Å². The van der Waals surface area contributed by atoms with E-state index in [1.165, 1.54) is 0 Å². The lowest BCUT2D eigenvalue weighted by Crippen LogP contribution is -2.51. The molecule has 5 nitrogen and oxygen atoms in total. The molecule has 4 N–H and O–H groups in total. The first-order valence-electron chi connectivity index (χ1n) is 6.02. The summed E-state index contributed by atoms with van der Waals surface area (Å²) in [6.45, 7) is 5.55. The number of nitrogens with two attached hydrogens (primary N) is 1. The van der Waals surface area contributed by atoms with Crippen LogP contribution in [0.3, 0.4) is 0 Å². The molecule has 16 heavy (non-hydrogen) atoms. The molecule has 1 aliphatic rings. The quantitative estimate of drug-likeness (QED) is 0.356. The van der Waals surface area contributed by atoms with Gasteiger partial charge in [0.05, 0.1) is 12.1 Å². The standard InChI is InChI=1S/C11H23N3O2/c1-3-10(11(16)13-12)14-6-4-9(5-7-14)8(2)15/h8-10,15H,3-7,12H2,1-2H3,(H,13,16). The number of hydrogen-bond donors (Lipinski definition) is 3. The van der Waals surface area contributed by atoms with Gasteiger partial charge in [-0.3, -0.25) is 15.1 Å². The first kappa shape index (κ1) is 13.4. The SMILES string of the molecule is CCC(C(=O)NN)N1CCC(C(C)O)CC1. The summed E-state index contributed by atoms with van der Waals surface area (Å²) < 4.78 is 0. The first-order valence-corrected chi connectivity index (χ1v) is 6.02. The van der Waals surface area contributed by atoms with E-state index in [9.17, 15) is 9.90 Å². The molecule has 0 aromatic carbocycles. The van der Waals surface area contributed by atoms with Crippen LogP contribution in [0.2, 0.25) is 0 Å². The van der Waals surface area contributed by atoms with Crippen LogP contribution in [-0.4, -0.2) is 41.1 Å². The summed E-state index contributed by atoms with van der Waals surface area (Å²) in [7, 11) is 0. The third kappa shape index (κ3) is 3.17. The lowest BCUT2D eigenvalue weighted by molar-refractivity contribution is -0.127. The van der Waals surface area contributed by atoms with E-state index >= 15 is 0 Å². The van der Waals surface area contributed by atoms with Crippen LogP contribution in [0.1, 0.15) is 33.1 Å². The molecule has 1 saturated heterocycles. The maximum absolute atomic E-state index is 11.5.